The summed E-state index contributed by atoms with van der Waals surface area (Å²) in [5.41, 5.74) is -0.730. The van der Waals surface area contributed by atoms with Crippen LogP contribution in [0.25, 0.3) is 0 Å². The number of esters is 1. The van der Waals surface area contributed by atoms with E-state index >= 15 is 0 Å². The number of nitrogens with one attached hydrogen (secondary N) is 1. The lowest BCUT2D eigenvalue weighted by Gasteiger charge is -2.27. The fourth-order valence-corrected chi connectivity index (χ4v) is 5.88. The molecule has 3 aliphatic rings. The summed E-state index contributed by atoms with van der Waals surface area (Å²) in [5, 5.41) is 4.27. The minimum Gasteiger partial charge on any atom is -0.469 e. The smallest absolute Gasteiger partial charge is 0.311 e. The minimum atomic E-state index is -0.416. The van der Waals surface area contributed by atoms with E-state index in [4.69, 9.17) is 16.3 Å². The Balaban J connectivity index is 1.49. The van der Waals surface area contributed by atoms with Gasteiger partial charge >= 0.3 is 5.97 Å². The Kier molecular flexibility index (Phi) is 4.19. The molecule has 3 fully saturated rings. The number of fused-ring (bicyclic) bond motifs is 2. The summed E-state index contributed by atoms with van der Waals surface area (Å²) >= 11 is 7.60. The number of nitrogens with zero attached hydrogens (tertiary/aromatic N) is 2. The molecule has 1 aromatic heterocycles. The first-order valence-corrected chi connectivity index (χ1v) is 9.99. The van der Waals surface area contributed by atoms with Gasteiger partial charge in [-0.05, 0) is 44.9 Å². The van der Waals surface area contributed by atoms with Crippen molar-refractivity contribution in [2.45, 2.75) is 50.5 Å². The number of methoxy groups -OCH3 is 1. The number of halogens is 1. The summed E-state index contributed by atoms with van der Waals surface area (Å²) in [6.45, 7) is 1.94. The molecule has 136 valence electrons. The molecule has 2 heterocycles. The highest BCUT2D eigenvalue weighted by Gasteiger charge is 2.59. The molecule has 2 bridgehead atoms. The van der Waals surface area contributed by atoms with Crippen molar-refractivity contribution in [2.75, 3.05) is 25.1 Å². The van der Waals surface area contributed by atoms with Gasteiger partial charge in [0.05, 0.1) is 12.5 Å². The maximum absolute atomic E-state index is 12.8. The third-order valence-electron chi connectivity index (χ3n) is 6.00. The third kappa shape index (κ3) is 2.81. The summed E-state index contributed by atoms with van der Waals surface area (Å²) < 4.78 is 4.98. The van der Waals surface area contributed by atoms with Gasteiger partial charge in [0.25, 0.3) is 5.91 Å². The number of thiazole rings is 1. The molecule has 1 N–H and O–H groups in total. The number of carbonyl (C=O) groups is 2. The van der Waals surface area contributed by atoms with Crippen LogP contribution >= 0.6 is 22.9 Å². The highest BCUT2D eigenvalue weighted by molar-refractivity contribution is 7.18. The predicted octanol–water partition coefficient (Wildman–Crippen LogP) is 3.00. The summed E-state index contributed by atoms with van der Waals surface area (Å²) in [6.07, 6.45) is 6.13. The fraction of sp³-hybridized carbons (Fsp3) is 0.706. The van der Waals surface area contributed by atoms with Crippen LogP contribution in [0.2, 0.25) is 5.15 Å². The number of rotatable bonds is 4. The van der Waals surface area contributed by atoms with Gasteiger partial charge in [0.2, 0.25) is 0 Å². The van der Waals surface area contributed by atoms with Crippen LogP contribution in [0.3, 0.4) is 0 Å². The van der Waals surface area contributed by atoms with Crippen molar-refractivity contribution < 1.29 is 14.3 Å². The normalized spacial score (nSPS) is 30.7. The summed E-state index contributed by atoms with van der Waals surface area (Å²) in [5.74, 6) is -0.316. The molecule has 2 saturated carbocycles. The van der Waals surface area contributed by atoms with Crippen molar-refractivity contribution in [1.29, 1.82) is 0 Å². The molecule has 8 heteroatoms. The Morgan fingerprint density at radius 2 is 1.92 bits per heavy atom. The van der Waals surface area contributed by atoms with Gasteiger partial charge < -0.3 is 15.0 Å². The first-order valence-electron chi connectivity index (χ1n) is 8.79. The number of ether oxygens (including phenoxy) is 1. The van der Waals surface area contributed by atoms with E-state index in [0.29, 0.717) is 11.3 Å². The third-order valence-corrected chi connectivity index (χ3v) is 7.50. The average molecular weight is 384 g/mol. The topological polar surface area (TPSA) is 71.5 Å². The zero-order valence-corrected chi connectivity index (χ0v) is 15.8. The average Bonchev–Trinajstić information content (AvgIpc) is 3.36. The first-order chi connectivity index (χ1) is 12.0. The zero-order valence-electron chi connectivity index (χ0n) is 14.3. The second-order valence-electron chi connectivity index (χ2n) is 7.49. The van der Waals surface area contributed by atoms with E-state index < -0.39 is 5.41 Å². The molecule has 0 spiro atoms. The molecular weight excluding hydrogens is 362 g/mol. The molecule has 1 saturated heterocycles. The van der Waals surface area contributed by atoms with Gasteiger partial charge in [0.15, 0.2) is 10.3 Å². The van der Waals surface area contributed by atoms with Gasteiger partial charge in [0.1, 0.15) is 4.88 Å². The Morgan fingerprint density at radius 3 is 2.56 bits per heavy atom. The predicted molar refractivity (Wildman–Crippen MR) is 96.3 cm³/mol. The minimum absolute atomic E-state index is 0.145. The van der Waals surface area contributed by atoms with Crippen LogP contribution in [0.15, 0.2) is 0 Å². The van der Waals surface area contributed by atoms with Gasteiger partial charge in [-0.2, -0.15) is 0 Å². The van der Waals surface area contributed by atoms with Crippen LogP contribution in [-0.2, 0) is 9.53 Å². The maximum Gasteiger partial charge on any atom is 0.311 e. The van der Waals surface area contributed by atoms with Crippen LogP contribution in [0.4, 0.5) is 5.13 Å². The number of aromatic nitrogens is 1. The highest BCUT2D eigenvalue weighted by Crippen LogP contribution is 2.57. The number of carbonyl (C=O) groups excluding carboxylic acids is 2. The Morgan fingerprint density at radius 1 is 1.24 bits per heavy atom. The largest absolute Gasteiger partial charge is 0.469 e. The first kappa shape index (κ1) is 17.1. The maximum atomic E-state index is 12.8. The van der Waals surface area contributed by atoms with Gasteiger partial charge in [-0.3, -0.25) is 9.59 Å². The Hall–Kier alpha value is -1.34. The lowest BCUT2D eigenvalue weighted by atomic mass is 9.84. The molecule has 1 aromatic rings. The SMILES string of the molecule is COC(=O)C12CCC(NC(=O)c3sc(N4CCCC4)nc3Cl)(CC1)C2. The van der Waals surface area contributed by atoms with E-state index in [1.54, 1.807) is 0 Å². The number of amides is 1. The van der Waals surface area contributed by atoms with E-state index in [1.165, 1.54) is 18.4 Å². The molecular formula is C17H22ClN3O3S. The van der Waals surface area contributed by atoms with E-state index in [0.717, 1.165) is 56.7 Å². The molecule has 25 heavy (non-hydrogen) atoms. The van der Waals surface area contributed by atoms with E-state index in [2.05, 4.69) is 15.2 Å². The van der Waals surface area contributed by atoms with Gasteiger partial charge in [-0.25, -0.2) is 4.98 Å². The van der Waals surface area contributed by atoms with Crippen LogP contribution in [0.1, 0.15) is 54.6 Å². The lowest BCUT2D eigenvalue weighted by Crippen LogP contribution is -2.44. The number of anilines is 1. The summed E-state index contributed by atoms with van der Waals surface area (Å²) in [7, 11) is 1.44. The van der Waals surface area contributed by atoms with E-state index in [1.807, 2.05) is 0 Å². The van der Waals surface area contributed by atoms with Crippen LogP contribution in [0, 0.1) is 5.41 Å². The van der Waals surface area contributed by atoms with E-state index in [-0.39, 0.29) is 22.6 Å². The number of hydrogen-bond donors (Lipinski definition) is 1. The van der Waals surface area contributed by atoms with Crippen LogP contribution in [-0.4, -0.2) is 42.6 Å². The van der Waals surface area contributed by atoms with Crippen molar-refractivity contribution in [3.05, 3.63) is 10.0 Å². The molecule has 4 rings (SSSR count). The second-order valence-corrected chi connectivity index (χ2v) is 8.83. The molecule has 0 radical (unpaired) electrons. The molecule has 1 amide bonds. The summed E-state index contributed by atoms with van der Waals surface area (Å²) in [6, 6.07) is 0. The van der Waals surface area contributed by atoms with Crippen molar-refractivity contribution in [3.63, 3.8) is 0 Å². The zero-order chi connectivity index (χ0) is 17.7. The Bertz CT molecular complexity index is 706. The van der Waals surface area contributed by atoms with Gasteiger partial charge in [-0.1, -0.05) is 22.9 Å². The molecule has 6 nitrogen and oxygen atoms in total. The molecule has 0 aromatic carbocycles. The lowest BCUT2D eigenvalue weighted by molar-refractivity contribution is -0.152. The van der Waals surface area contributed by atoms with Crippen molar-refractivity contribution in [2.24, 2.45) is 5.41 Å². The van der Waals surface area contributed by atoms with Crippen molar-refractivity contribution in [1.82, 2.24) is 10.3 Å². The van der Waals surface area contributed by atoms with Gasteiger partial charge in [0, 0.05) is 18.6 Å². The molecule has 0 unspecified atom stereocenters. The van der Waals surface area contributed by atoms with Crippen molar-refractivity contribution in [3.8, 4) is 0 Å². The van der Waals surface area contributed by atoms with Crippen LogP contribution < -0.4 is 10.2 Å². The van der Waals surface area contributed by atoms with E-state index in [9.17, 15) is 9.59 Å². The summed E-state index contributed by atoms with van der Waals surface area (Å²) in [4.78, 5) is 32.0. The number of hydrogen-bond acceptors (Lipinski definition) is 6. The monoisotopic (exact) mass is 383 g/mol. The Labute approximate surface area is 155 Å². The van der Waals surface area contributed by atoms with Crippen molar-refractivity contribution >= 4 is 39.9 Å². The highest BCUT2D eigenvalue weighted by atomic mass is 35.5. The van der Waals surface area contributed by atoms with Crippen LogP contribution in [0.5, 0.6) is 0 Å². The quantitative estimate of drug-likeness (QED) is 0.809. The molecule has 2 aliphatic carbocycles. The fourth-order valence-electron chi connectivity index (χ4n) is 4.64. The molecule has 0 atom stereocenters. The molecule has 1 aliphatic heterocycles. The van der Waals surface area contributed by atoms with Gasteiger partial charge in [-0.15, -0.1) is 0 Å². The second kappa shape index (κ2) is 6.13. The standard InChI is InChI=1S/C17H22ClN3O3S/c1-24-14(23)16-4-6-17(10-16,7-5-16)20-13(22)11-12(18)19-15(25-11)21-8-2-3-9-21/h2-10H2,1H3,(H,20,22).